The fraction of sp³-hybridized carbons (Fsp3) is 0. The normalized spacial score (nSPS) is 13.0. The zero-order chi connectivity index (χ0) is 46.5. The number of aromatic nitrogens is 3. The number of hydrogen-bond donors (Lipinski definition) is 0. The molecule has 4 heteroatoms. The molecule has 0 saturated carbocycles. The van der Waals surface area contributed by atoms with Gasteiger partial charge < -0.3 is 13.7 Å². The molecule has 72 heavy (non-hydrogen) atoms. The van der Waals surface area contributed by atoms with Gasteiger partial charge in [0, 0.05) is 49.2 Å². The molecule has 15 aromatic rings. The zero-order valence-corrected chi connectivity index (χ0v) is 38.9. The average molecular weight is 908 g/mol. The molecule has 1 aliphatic carbocycles. The van der Waals surface area contributed by atoms with Gasteiger partial charge in [0.1, 0.15) is 0 Å². The summed E-state index contributed by atoms with van der Waals surface area (Å²) in [6.45, 7) is -0.0437. The third-order valence-corrected chi connectivity index (χ3v) is 16.9. The van der Waals surface area contributed by atoms with Crippen LogP contribution in [0.3, 0.4) is 0 Å². The molecule has 3 aliphatic rings. The van der Waals surface area contributed by atoms with E-state index in [0.717, 1.165) is 5.69 Å². The predicted molar refractivity (Wildman–Crippen MR) is 304 cm³/mol. The fourth-order valence-corrected chi connectivity index (χ4v) is 14.1. The number of fused-ring (bicyclic) bond motifs is 16. The molecular formula is C68H38BN3. The Kier molecular flexibility index (Phi) is 6.92. The maximum Gasteiger partial charge on any atom is 0.252 e. The van der Waals surface area contributed by atoms with Crippen molar-refractivity contribution in [1.82, 2.24) is 13.7 Å². The molecule has 3 nitrogen and oxygen atoms in total. The highest BCUT2D eigenvalue weighted by Gasteiger charge is 2.43. The first-order valence-electron chi connectivity index (χ1n) is 25.2. The summed E-state index contributed by atoms with van der Waals surface area (Å²) in [6.07, 6.45) is 0. The molecule has 0 N–H and O–H groups in total. The Morgan fingerprint density at radius 3 is 1.68 bits per heavy atom. The first-order valence-corrected chi connectivity index (χ1v) is 25.2. The van der Waals surface area contributed by atoms with Gasteiger partial charge in [-0.05, 0) is 131 Å². The van der Waals surface area contributed by atoms with Crippen LogP contribution in [0.4, 0.5) is 0 Å². The van der Waals surface area contributed by atoms with Crippen LogP contribution in [0.1, 0.15) is 0 Å². The van der Waals surface area contributed by atoms with Crippen LogP contribution in [0.2, 0.25) is 0 Å². The van der Waals surface area contributed by atoms with Gasteiger partial charge in [-0.15, -0.1) is 0 Å². The highest BCUT2D eigenvalue weighted by atomic mass is 15.1. The molecular weight excluding hydrogens is 870 g/mol. The predicted octanol–water partition coefficient (Wildman–Crippen LogP) is 15.4. The van der Waals surface area contributed by atoms with Crippen molar-refractivity contribution in [2.24, 2.45) is 0 Å². The summed E-state index contributed by atoms with van der Waals surface area (Å²) in [6, 6.07) is 87.4. The second-order valence-corrected chi connectivity index (χ2v) is 20.3. The van der Waals surface area contributed by atoms with Crippen molar-refractivity contribution in [2.45, 2.75) is 0 Å². The Hall–Kier alpha value is -9.38. The molecule has 0 saturated heterocycles. The van der Waals surface area contributed by atoms with Crippen LogP contribution in [0, 0.1) is 0 Å². The van der Waals surface area contributed by atoms with E-state index >= 15 is 0 Å². The number of rotatable bonds is 3. The smallest absolute Gasteiger partial charge is 0.252 e. The van der Waals surface area contributed by atoms with E-state index in [4.69, 9.17) is 0 Å². The standard InChI is InChI=1S/C68H38BN3/c1-3-14-39(15-4-1)43-28-31-57-52(34-43)53-35-44(40-16-5-2-6-17-40)36-55-67(53)71(57)60-37-45(70-56-25-12-11-23-51(56)63-46-20-8-7-18-41(46)26-32-58(63)70)38-61-66(60)69(55)54-30-29-50-48-22-10-9-21-47(48)49-24-13-19-42-27-33-59-65(62(42)49)64(50)68(54)72(59)61/h1-38H. The summed E-state index contributed by atoms with van der Waals surface area (Å²) < 4.78 is 7.87. The summed E-state index contributed by atoms with van der Waals surface area (Å²) in [7, 11) is 0. The summed E-state index contributed by atoms with van der Waals surface area (Å²) in [5.41, 5.74) is 25.2. The van der Waals surface area contributed by atoms with Gasteiger partial charge in [0.2, 0.25) is 0 Å². The van der Waals surface area contributed by atoms with E-state index in [2.05, 4.69) is 244 Å². The molecule has 0 bridgehead atoms. The van der Waals surface area contributed by atoms with Crippen molar-refractivity contribution in [1.29, 1.82) is 0 Å². The minimum absolute atomic E-state index is 0.0437. The molecule has 18 rings (SSSR count). The van der Waals surface area contributed by atoms with Gasteiger partial charge in [0.05, 0.1) is 33.3 Å². The van der Waals surface area contributed by atoms with Crippen LogP contribution in [0.25, 0.3) is 149 Å². The van der Waals surface area contributed by atoms with E-state index in [1.807, 2.05) is 0 Å². The van der Waals surface area contributed by atoms with Crippen molar-refractivity contribution < 1.29 is 0 Å². The van der Waals surface area contributed by atoms with Gasteiger partial charge in [0.25, 0.3) is 6.71 Å². The van der Waals surface area contributed by atoms with E-state index in [9.17, 15) is 0 Å². The van der Waals surface area contributed by atoms with Crippen LogP contribution in [0.5, 0.6) is 0 Å². The lowest BCUT2D eigenvalue weighted by Crippen LogP contribution is -2.59. The van der Waals surface area contributed by atoms with E-state index in [-0.39, 0.29) is 6.71 Å². The molecule has 328 valence electrons. The lowest BCUT2D eigenvalue weighted by Gasteiger charge is -2.35. The van der Waals surface area contributed by atoms with Crippen LogP contribution in [0.15, 0.2) is 231 Å². The molecule has 0 unspecified atom stereocenters. The summed E-state index contributed by atoms with van der Waals surface area (Å²) in [5, 5.41) is 12.9. The van der Waals surface area contributed by atoms with E-state index in [1.54, 1.807) is 0 Å². The Morgan fingerprint density at radius 1 is 0.278 bits per heavy atom. The van der Waals surface area contributed by atoms with Crippen LogP contribution in [-0.4, -0.2) is 20.4 Å². The Morgan fingerprint density at radius 2 is 0.875 bits per heavy atom. The number of benzene rings is 12. The van der Waals surface area contributed by atoms with Crippen molar-refractivity contribution in [3.05, 3.63) is 231 Å². The Labute approximate surface area is 413 Å². The number of para-hydroxylation sites is 1. The van der Waals surface area contributed by atoms with Crippen molar-refractivity contribution in [3.8, 4) is 61.6 Å². The molecule has 5 heterocycles. The maximum atomic E-state index is 2.68. The highest BCUT2D eigenvalue weighted by molar-refractivity contribution is 7.00. The van der Waals surface area contributed by atoms with Gasteiger partial charge in [-0.2, -0.15) is 0 Å². The maximum absolute atomic E-state index is 2.68. The lowest BCUT2D eigenvalue weighted by molar-refractivity contribution is 1.10. The minimum atomic E-state index is -0.0437. The van der Waals surface area contributed by atoms with Gasteiger partial charge in [-0.3, -0.25) is 0 Å². The minimum Gasteiger partial charge on any atom is -0.310 e. The monoisotopic (exact) mass is 907 g/mol. The van der Waals surface area contributed by atoms with Crippen molar-refractivity contribution in [2.75, 3.05) is 0 Å². The molecule has 2 aliphatic heterocycles. The van der Waals surface area contributed by atoms with Gasteiger partial charge in [-0.1, -0.05) is 182 Å². The topological polar surface area (TPSA) is 14.8 Å². The SMILES string of the molecule is c1ccc(-c2ccc3c(c2)c2cc(-c4ccccc4)cc4c2n3-c2cc(-n3c5ccccc5c5c6ccccc6ccc53)cc3c2B4c2ccc4c5c6c7c(cccc7ccc6n-3c25)-c2ccccc2-4)cc1. The largest absolute Gasteiger partial charge is 0.310 e. The zero-order valence-electron chi connectivity index (χ0n) is 38.9. The van der Waals surface area contributed by atoms with E-state index in [1.165, 1.54) is 159 Å². The first-order chi connectivity index (χ1) is 35.7. The Balaban J connectivity index is 1.06. The second kappa shape index (κ2) is 13.3. The second-order valence-electron chi connectivity index (χ2n) is 20.3. The summed E-state index contributed by atoms with van der Waals surface area (Å²) in [5.74, 6) is 0. The average Bonchev–Trinajstić information content (AvgIpc) is 4.08. The highest BCUT2D eigenvalue weighted by Crippen LogP contribution is 2.51. The number of nitrogens with zero attached hydrogens (tertiary/aromatic N) is 3. The molecule has 0 radical (unpaired) electrons. The third-order valence-electron chi connectivity index (χ3n) is 16.9. The van der Waals surface area contributed by atoms with E-state index in [0.29, 0.717) is 0 Å². The van der Waals surface area contributed by atoms with Crippen LogP contribution < -0.4 is 16.4 Å². The fourth-order valence-electron chi connectivity index (χ4n) is 14.1. The van der Waals surface area contributed by atoms with Crippen LogP contribution >= 0.6 is 0 Å². The van der Waals surface area contributed by atoms with Crippen molar-refractivity contribution >= 4 is 110 Å². The lowest BCUT2D eigenvalue weighted by atomic mass is 9.34. The molecule has 0 amide bonds. The van der Waals surface area contributed by atoms with Gasteiger partial charge >= 0.3 is 0 Å². The molecule has 0 fully saturated rings. The quantitative estimate of drug-likeness (QED) is 0.157. The third kappa shape index (κ3) is 4.55. The molecule has 12 aromatic carbocycles. The summed E-state index contributed by atoms with van der Waals surface area (Å²) in [4.78, 5) is 0. The molecule has 3 aromatic heterocycles. The van der Waals surface area contributed by atoms with Crippen LogP contribution in [-0.2, 0) is 0 Å². The van der Waals surface area contributed by atoms with E-state index < -0.39 is 0 Å². The molecule has 0 atom stereocenters. The molecule has 0 spiro atoms. The number of hydrogen-bond acceptors (Lipinski definition) is 0. The van der Waals surface area contributed by atoms with Gasteiger partial charge in [-0.25, -0.2) is 0 Å². The summed E-state index contributed by atoms with van der Waals surface area (Å²) >= 11 is 0. The van der Waals surface area contributed by atoms with Crippen molar-refractivity contribution in [3.63, 3.8) is 0 Å². The van der Waals surface area contributed by atoms with Gasteiger partial charge in [0.15, 0.2) is 0 Å². The Bertz CT molecular complexity index is 4970. The first kappa shape index (κ1) is 37.5.